The average molecular weight is 466 g/mol. The van der Waals surface area contributed by atoms with Crippen molar-refractivity contribution in [2.45, 2.75) is 54.9 Å². The van der Waals surface area contributed by atoms with Crippen molar-refractivity contribution < 1.29 is 14.0 Å². The summed E-state index contributed by atoms with van der Waals surface area (Å²) in [5.74, 6) is 0.130. The zero-order valence-corrected chi connectivity index (χ0v) is 18.4. The summed E-state index contributed by atoms with van der Waals surface area (Å²) in [7, 11) is 0. The van der Waals surface area contributed by atoms with Crippen LogP contribution in [0.4, 0.5) is 5.69 Å². The molecular formula is C21H21Cl2N3O3S. The zero-order valence-electron chi connectivity index (χ0n) is 16.1. The highest BCUT2D eigenvalue weighted by Gasteiger charge is 2.55. The molecule has 1 spiro atoms. The van der Waals surface area contributed by atoms with Crippen LogP contribution >= 0.6 is 35.0 Å². The number of hydrogen-bond donors (Lipinski definition) is 2. The number of rotatable bonds is 6. The van der Waals surface area contributed by atoms with Gasteiger partial charge in [0, 0.05) is 17.2 Å². The standard InChI is InChI=1S/C21H21Cl2N3O3S/c22-14-5-17(23)24-10-15(14)26-19(27)11-6-21(7-11)8-12(9-21)25-20(28)16-3-4-18(29-16)30-13-1-2-13/h3-5,10-13H,1-2,6-9H2,(H,25,28)(H,26,27). The molecule has 3 aliphatic rings. The molecule has 2 heterocycles. The summed E-state index contributed by atoms with van der Waals surface area (Å²) in [6.07, 6.45) is 7.36. The Morgan fingerprint density at radius 2 is 1.93 bits per heavy atom. The molecule has 30 heavy (non-hydrogen) atoms. The fourth-order valence-corrected chi connectivity index (χ4v) is 5.84. The molecule has 3 aliphatic carbocycles. The van der Waals surface area contributed by atoms with Gasteiger partial charge in [0.2, 0.25) is 5.91 Å². The average Bonchev–Trinajstić information content (AvgIpc) is 3.32. The summed E-state index contributed by atoms with van der Waals surface area (Å²) >= 11 is 13.6. The van der Waals surface area contributed by atoms with Gasteiger partial charge in [-0.15, -0.1) is 0 Å². The minimum atomic E-state index is -0.156. The van der Waals surface area contributed by atoms with Gasteiger partial charge < -0.3 is 15.1 Å². The van der Waals surface area contributed by atoms with Crippen molar-refractivity contribution in [1.82, 2.24) is 10.3 Å². The van der Waals surface area contributed by atoms with Gasteiger partial charge in [0.15, 0.2) is 10.9 Å². The quantitative estimate of drug-likeness (QED) is 0.575. The maximum Gasteiger partial charge on any atom is 0.287 e. The topological polar surface area (TPSA) is 84.2 Å². The highest BCUT2D eigenvalue weighted by atomic mass is 35.5. The van der Waals surface area contributed by atoms with Crippen LogP contribution in [0.3, 0.4) is 0 Å². The van der Waals surface area contributed by atoms with E-state index in [4.69, 9.17) is 27.6 Å². The van der Waals surface area contributed by atoms with Crippen LogP contribution in [0.2, 0.25) is 10.2 Å². The molecule has 2 aromatic heterocycles. The Morgan fingerprint density at radius 1 is 1.17 bits per heavy atom. The maximum absolute atomic E-state index is 12.5. The number of hydrogen-bond acceptors (Lipinski definition) is 5. The molecule has 0 radical (unpaired) electrons. The second kappa shape index (κ2) is 7.77. The van der Waals surface area contributed by atoms with Crippen LogP contribution in [0.1, 0.15) is 49.1 Å². The summed E-state index contributed by atoms with van der Waals surface area (Å²) in [5.41, 5.74) is 0.640. The molecule has 0 saturated heterocycles. The van der Waals surface area contributed by atoms with Gasteiger partial charge in [0.05, 0.1) is 16.9 Å². The number of furan rings is 1. The summed E-state index contributed by atoms with van der Waals surface area (Å²) in [6, 6.07) is 5.26. The van der Waals surface area contributed by atoms with Gasteiger partial charge in [-0.2, -0.15) is 0 Å². The third-order valence-corrected chi connectivity index (χ3v) is 7.89. The first-order valence-electron chi connectivity index (χ1n) is 10.1. The summed E-state index contributed by atoms with van der Waals surface area (Å²) < 4.78 is 5.65. The smallest absolute Gasteiger partial charge is 0.287 e. The second-order valence-electron chi connectivity index (χ2n) is 8.60. The van der Waals surface area contributed by atoms with Crippen molar-refractivity contribution in [3.05, 3.63) is 40.3 Å². The van der Waals surface area contributed by atoms with Gasteiger partial charge in [-0.1, -0.05) is 35.0 Å². The number of amides is 2. The normalized spacial score (nSPS) is 27.3. The van der Waals surface area contributed by atoms with E-state index in [0.717, 1.165) is 30.8 Å². The lowest BCUT2D eigenvalue weighted by Gasteiger charge is -2.57. The molecule has 2 amide bonds. The molecule has 2 N–H and O–H groups in total. The number of carbonyl (C=O) groups is 2. The summed E-state index contributed by atoms with van der Waals surface area (Å²) in [5, 5.41) is 8.02. The second-order valence-corrected chi connectivity index (χ2v) is 10.7. The Kier molecular flexibility index (Phi) is 5.24. The lowest BCUT2D eigenvalue weighted by atomic mass is 9.50. The minimum absolute atomic E-state index is 0.0412. The highest BCUT2D eigenvalue weighted by molar-refractivity contribution is 8.00. The van der Waals surface area contributed by atoms with Gasteiger partial charge in [-0.25, -0.2) is 4.98 Å². The van der Waals surface area contributed by atoms with E-state index in [2.05, 4.69) is 15.6 Å². The first kappa shape index (κ1) is 20.2. The van der Waals surface area contributed by atoms with Gasteiger partial charge in [-0.3, -0.25) is 9.59 Å². The molecule has 3 fully saturated rings. The van der Waals surface area contributed by atoms with Crippen LogP contribution in [-0.4, -0.2) is 28.1 Å². The molecule has 0 aliphatic heterocycles. The third-order valence-electron chi connectivity index (χ3n) is 6.11. The van der Waals surface area contributed by atoms with Crippen LogP contribution < -0.4 is 10.6 Å². The third kappa shape index (κ3) is 4.20. The molecule has 0 atom stereocenters. The zero-order chi connectivity index (χ0) is 20.9. The molecule has 2 aromatic rings. The highest BCUT2D eigenvalue weighted by Crippen LogP contribution is 2.59. The van der Waals surface area contributed by atoms with Gasteiger partial charge in [0.1, 0.15) is 5.15 Å². The number of nitrogens with zero attached hydrogens (tertiary/aromatic N) is 1. The van der Waals surface area contributed by atoms with Crippen LogP contribution in [0.25, 0.3) is 0 Å². The van der Waals surface area contributed by atoms with E-state index in [1.165, 1.54) is 25.1 Å². The largest absolute Gasteiger partial charge is 0.445 e. The van der Waals surface area contributed by atoms with Crippen LogP contribution in [0, 0.1) is 11.3 Å². The van der Waals surface area contributed by atoms with Crippen molar-refractivity contribution in [1.29, 1.82) is 0 Å². The maximum atomic E-state index is 12.5. The lowest BCUT2D eigenvalue weighted by molar-refractivity contribution is -0.133. The Morgan fingerprint density at radius 3 is 2.63 bits per heavy atom. The van der Waals surface area contributed by atoms with E-state index in [-0.39, 0.29) is 34.3 Å². The summed E-state index contributed by atoms with van der Waals surface area (Å²) in [6.45, 7) is 0. The van der Waals surface area contributed by atoms with Crippen LogP contribution in [0.5, 0.6) is 0 Å². The number of nitrogens with one attached hydrogen (secondary N) is 2. The molecular weight excluding hydrogens is 445 g/mol. The van der Waals surface area contributed by atoms with Crippen LogP contribution in [-0.2, 0) is 4.79 Å². The Labute approximate surface area is 188 Å². The van der Waals surface area contributed by atoms with E-state index >= 15 is 0 Å². The molecule has 0 unspecified atom stereocenters. The van der Waals surface area contributed by atoms with E-state index in [1.54, 1.807) is 17.8 Å². The fourth-order valence-electron chi connectivity index (χ4n) is 4.44. The summed E-state index contributed by atoms with van der Waals surface area (Å²) in [4.78, 5) is 28.8. The molecule has 0 bridgehead atoms. The minimum Gasteiger partial charge on any atom is -0.445 e. The van der Waals surface area contributed by atoms with E-state index in [9.17, 15) is 9.59 Å². The number of thioether (sulfide) groups is 1. The van der Waals surface area contributed by atoms with Crippen molar-refractivity contribution in [3.63, 3.8) is 0 Å². The van der Waals surface area contributed by atoms with Gasteiger partial charge in [-0.05, 0) is 62.1 Å². The van der Waals surface area contributed by atoms with Crippen molar-refractivity contribution in [2.75, 3.05) is 5.32 Å². The van der Waals surface area contributed by atoms with Gasteiger partial charge in [0.25, 0.3) is 5.91 Å². The number of aromatic nitrogens is 1. The molecule has 5 rings (SSSR count). The monoisotopic (exact) mass is 465 g/mol. The molecule has 158 valence electrons. The SMILES string of the molecule is O=C(NC1CC2(C1)CC(C(=O)Nc1cnc(Cl)cc1Cl)C2)c1ccc(SC2CC2)o1. The Balaban J connectivity index is 1.07. The Hall–Kier alpha value is -1.70. The predicted octanol–water partition coefficient (Wildman–Crippen LogP) is 5.16. The number of anilines is 1. The molecule has 9 heteroatoms. The molecule has 6 nitrogen and oxygen atoms in total. The van der Waals surface area contributed by atoms with E-state index in [1.807, 2.05) is 6.07 Å². The Bertz CT molecular complexity index is 993. The number of pyridine rings is 1. The predicted molar refractivity (Wildman–Crippen MR) is 116 cm³/mol. The number of carbonyl (C=O) groups excluding carboxylic acids is 2. The van der Waals surface area contributed by atoms with E-state index in [0.29, 0.717) is 21.7 Å². The first-order valence-corrected chi connectivity index (χ1v) is 11.7. The van der Waals surface area contributed by atoms with Crippen molar-refractivity contribution >= 4 is 52.5 Å². The van der Waals surface area contributed by atoms with E-state index < -0.39 is 0 Å². The van der Waals surface area contributed by atoms with Crippen molar-refractivity contribution in [3.8, 4) is 0 Å². The lowest BCUT2D eigenvalue weighted by Crippen LogP contribution is -2.57. The molecule has 0 aromatic carbocycles. The van der Waals surface area contributed by atoms with Crippen molar-refractivity contribution in [2.24, 2.45) is 11.3 Å². The van der Waals surface area contributed by atoms with Crippen LogP contribution in [0.15, 0.2) is 33.9 Å². The van der Waals surface area contributed by atoms with Gasteiger partial charge >= 0.3 is 0 Å². The molecule has 3 saturated carbocycles. The first-order chi connectivity index (χ1) is 14.4. The number of halogens is 2. The fraction of sp³-hybridized carbons (Fsp3) is 0.476.